The van der Waals surface area contributed by atoms with Crippen molar-refractivity contribution < 1.29 is 23.5 Å². The number of halogens is 1. The van der Waals surface area contributed by atoms with Crippen LogP contribution in [0.1, 0.15) is 5.89 Å². The first-order valence-electron chi connectivity index (χ1n) is 8.80. The van der Waals surface area contributed by atoms with Gasteiger partial charge in [0.15, 0.2) is 11.5 Å². The van der Waals surface area contributed by atoms with E-state index < -0.39 is 0 Å². The van der Waals surface area contributed by atoms with Crippen molar-refractivity contribution in [3.05, 3.63) is 47.3 Å². The average Bonchev–Trinajstić information content (AvgIpc) is 3.22. The second-order valence-corrected chi connectivity index (χ2v) is 7.36. The van der Waals surface area contributed by atoms with Crippen LogP contribution in [0.4, 0.5) is 5.69 Å². The SMILES string of the molecule is COc1ccc(NC(=O)CSCc2nc(-c3ccc(OC)c(OC)c3)no2)cc1Cl. The Bertz CT molecular complexity index is 1030. The van der Waals surface area contributed by atoms with Gasteiger partial charge in [0.1, 0.15) is 5.75 Å². The van der Waals surface area contributed by atoms with Crippen molar-refractivity contribution in [3.63, 3.8) is 0 Å². The maximum Gasteiger partial charge on any atom is 0.236 e. The van der Waals surface area contributed by atoms with Crippen LogP contribution in [0.5, 0.6) is 17.2 Å². The molecule has 0 atom stereocenters. The minimum absolute atomic E-state index is 0.166. The molecule has 3 rings (SSSR count). The van der Waals surface area contributed by atoms with Crippen LogP contribution in [-0.4, -0.2) is 43.1 Å². The van der Waals surface area contributed by atoms with Crippen molar-refractivity contribution in [2.75, 3.05) is 32.4 Å². The smallest absolute Gasteiger partial charge is 0.236 e. The number of hydrogen-bond donors (Lipinski definition) is 1. The number of hydrogen-bond acceptors (Lipinski definition) is 8. The Labute approximate surface area is 182 Å². The second-order valence-electron chi connectivity index (χ2n) is 5.97. The minimum atomic E-state index is -0.166. The van der Waals surface area contributed by atoms with Crippen LogP contribution in [0.25, 0.3) is 11.4 Å². The van der Waals surface area contributed by atoms with Crippen molar-refractivity contribution >= 4 is 35.0 Å². The van der Waals surface area contributed by atoms with Gasteiger partial charge in [-0.15, -0.1) is 11.8 Å². The second kappa shape index (κ2) is 10.2. The van der Waals surface area contributed by atoms with Gasteiger partial charge >= 0.3 is 0 Å². The Morgan fingerprint density at radius 3 is 2.50 bits per heavy atom. The number of nitrogens with zero attached hydrogens (tertiary/aromatic N) is 2. The van der Waals surface area contributed by atoms with E-state index in [1.54, 1.807) is 44.6 Å². The molecule has 0 aliphatic rings. The number of nitrogens with one attached hydrogen (secondary N) is 1. The lowest BCUT2D eigenvalue weighted by atomic mass is 10.2. The molecule has 8 nitrogen and oxygen atoms in total. The van der Waals surface area contributed by atoms with Crippen LogP contribution in [0.2, 0.25) is 5.02 Å². The number of anilines is 1. The first-order valence-corrected chi connectivity index (χ1v) is 10.3. The van der Waals surface area contributed by atoms with Gasteiger partial charge in [0.25, 0.3) is 0 Å². The number of amides is 1. The number of carbonyl (C=O) groups is 1. The largest absolute Gasteiger partial charge is 0.495 e. The summed E-state index contributed by atoms with van der Waals surface area (Å²) >= 11 is 7.42. The van der Waals surface area contributed by atoms with Gasteiger partial charge in [-0.1, -0.05) is 16.8 Å². The number of carbonyl (C=O) groups excluding carboxylic acids is 1. The molecule has 1 aromatic heterocycles. The van der Waals surface area contributed by atoms with Gasteiger partial charge in [0.2, 0.25) is 17.6 Å². The highest BCUT2D eigenvalue weighted by atomic mass is 35.5. The monoisotopic (exact) mass is 449 g/mol. The van der Waals surface area contributed by atoms with E-state index in [4.69, 9.17) is 30.3 Å². The molecule has 3 aromatic rings. The maximum absolute atomic E-state index is 12.1. The highest BCUT2D eigenvalue weighted by Gasteiger charge is 2.13. The zero-order valence-corrected chi connectivity index (χ0v) is 18.2. The summed E-state index contributed by atoms with van der Waals surface area (Å²) in [5.41, 5.74) is 1.33. The van der Waals surface area contributed by atoms with Gasteiger partial charge in [-0.2, -0.15) is 4.98 Å². The zero-order valence-electron chi connectivity index (χ0n) is 16.6. The maximum atomic E-state index is 12.1. The molecule has 0 saturated carbocycles. The van der Waals surface area contributed by atoms with E-state index in [1.807, 2.05) is 6.07 Å². The van der Waals surface area contributed by atoms with Gasteiger partial charge < -0.3 is 24.1 Å². The molecule has 158 valence electrons. The molecule has 0 fully saturated rings. The van der Waals surface area contributed by atoms with E-state index >= 15 is 0 Å². The standard InChI is InChI=1S/C20H20ClN3O5S/c1-26-15-7-5-13(9-14(15)21)22-18(25)10-30-11-19-23-20(24-29-19)12-4-6-16(27-2)17(8-12)28-3/h4-9H,10-11H2,1-3H3,(H,22,25). The molecule has 0 radical (unpaired) electrons. The van der Waals surface area contributed by atoms with E-state index in [0.29, 0.717) is 45.4 Å². The molecule has 0 saturated heterocycles. The molecular formula is C20H20ClN3O5S. The van der Waals surface area contributed by atoms with E-state index in [0.717, 1.165) is 5.56 Å². The van der Waals surface area contributed by atoms with Crippen molar-refractivity contribution in [3.8, 4) is 28.6 Å². The molecule has 0 unspecified atom stereocenters. The molecule has 1 N–H and O–H groups in total. The summed E-state index contributed by atoms with van der Waals surface area (Å²) < 4.78 is 20.9. The molecule has 0 aliphatic heterocycles. The molecule has 0 bridgehead atoms. The van der Waals surface area contributed by atoms with Crippen LogP contribution >= 0.6 is 23.4 Å². The third kappa shape index (κ3) is 5.37. The van der Waals surface area contributed by atoms with E-state index in [9.17, 15) is 4.79 Å². The Hall–Kier alpha value is -2.91. The summed E-state index contributed by atoms with van der Waals surface area (Å²) in [4.78, 5) is 16.5. The zero-order chi connectivity index (χ0) is 21.5. The van der Waals surface area contributed by atoms with Gasteiger partial charge in [0, 0.05) is 11.3 Å². The normalized spacial score (nSPS) is 10.5. The van der Waals surface area contributed by atoms with Crippen molar-refractivity contribution in [1.29, 1.82) is 0 Å². The van der Waals surface area contributed by atoms with Crippen molar-refractivity contribution in [1.82, 2.24) is 10.1 Å². The van der Waals surface area contributed by atoms with Crippen LogP contribution < -0.4 is 19.5 Å². The predicted molar refractivity (Wildman–Crippen MR) is 116 cm³/mol. The third-order valence-corrected chi connectivity index (χ3v) is 5.22. The highest BCUT2D eigenvalue weighted by molar-refractivity contribution is 7.99. The molecule has 0 spiro atoms. The number of ether oxygens (including phenoxy) is 3. The van der Waals surface area contributed by atoms with Gasteiger partial charge in [0.05, 0.1) is 37.9 Å². The fraction of sp³-hybridized carbons (Fsp3) is 0.250. The fourth-order valence-electron chi connectivity index (χ4n) is 2.58. The number of methoxy groups -OCH3 is 3. The molecule has 1 heterocycles. The van der Waals surface area contributed by atoms with Crippen LogP contribution in [0.15, 0.2) is 40.9 Å². The van der Waals surface area contributed by atoms with Gasteiger partial charge in [-0.25, -0.2) is 0 Å². The summed E-state index contributed by atoms with van der Waals surface area (Å²) in [5, 5.41) is 7.20. The Morgan fingerprint density at radius 1 is 1.07 bits per heavy atom. The van der Waals surface area contributed by atoms with E-state index in [-0.39, 0.29) is 11.7 Å². The molecule has 0 aliphatic carbocycles. The number of aromatic nitrogens is 2. The summed E-state index contributed by atoms with van der Waals surface area (Å²) in [6.07, 6.45) is 0. The van der Waals surface area contributed by atoms with Crippen LogP contribution in [0.3, 0.4) is 0 Å². The summed E-state index contributed by atoms with van der Waals surface area (Å²) in [6, 6.07) is 10.4. The van der Waals surface area contributed by atoms with Gasteiger partial charge in [-0.05, 0) is 36.4 Å². The molecular weight excluding hydrogens is 430 g/mol. The van der Waals surface area contributed by atoms with Gasteiger partial charge in [-0.3, -0.25) is 4.79 Å². The first-order chi connectivity index (χ1) is 14.5. The Kier molecular flexibility index (Phi) is 7.42. The van der Waals surface area contributed by atoms with Crippen LogP contribution in [-0.2, 0) is 10.5 Å². The minimum Gasteiger partial charge on any atom is -0.495 e. The third-order valence-electron chi connectivity index (χ3n) is 4.00. The van der Waals surface area contributed by atoms with Crippen molar-refractivity contribution in [2.45, 2.75) is 5.75 Å². The predicted octanol–water partition coefficient (Wildman–Crippen LogP) is 4.29. The molecule has 1 amide bonds. The lowest BCUT2D eigenvalue weighted by molar-refractivity contribution is -0.113. The summed E-state index contributed by atoms with van der Waals surface area (Å²) in [5.74, 6) is 3.05. The number of thioether (sulfide) groups is 1. The number of benzene rings is 2. The summed E-state index contributed by atoms with van der Waals surface area (Å²) in [6.45, 7) is 0. The topological polar surface area (TPSA) is 95.7 Å². The summed E-state index contributed by atoms with van der Waals surface area (Å²) in [7, 11) is 4.66. The quantitative estimate of drug-likeness (QED) is 0.517. The molecule has 30 heavy (non-hydrogen) atoms. The van der Waals surface area contributed by atoms with E-state index in [1.165, 1.54) is 18.9 Å². The fourth-order valence-corrected chi connectivity index (χ4v) is 3.49. The number of rotatable bonds is 9. The Morgan fingerprint density at radius 2 is 1.80 bits per heavy atom. The lowest BCUT2D eigenvalue weighted by Crippen LogP contribution is -2.14. The average molecular weight is 450 g/mol. The highest BCUT2D eigenvalue weighted by Crippen LogP contribution is 2.31. The molecule has 10 heteroatoms. The van der Waals surface area contributed by atoms with E-state index in [2.05, 4.69) is 15.5 Å². The van der Waals surface area contributed by atoms with Crippen molar-refractivity contribution in [2.24, 2.45) is 0 Å². The first kappa shape index (κ1) is 21.8. The Balaban J connectivity index is 1.53. The van der Waals surface area contributed by atoms with Crippen LogP contribution in [0, 0.1) is 0 Å². The lowest BCUT2D eigenvalue weighted by Gasteiger charge is -2.07. The molecule has 2 aromatic carbocycles.